The molecule has 0 bridgehead atoms. The van der Waals surface area contributed by atoms with E-state index in [0.29, 0.717) is 23.6 Å². The van der Waals surface area contributed by atoms with Crippen LogP contribution in [0.25, 0.3) is 6.08 Å². The van der Waals surface area contributed by atoms with E-state index in [4.69, 9.17) is 26.8 Å². The van der Waals surface area contributed by atoms with Crippen LogP contribution >= 0.6 is 12.2 Å². The van der Waals surface area contributed by atoms with Crippen LogP contribution in [0.5, 0.6) is 11.5 Å². The van der Waals surface area contributed by atoms with Crippen molar-refractivity contribution >= 4 is 46.9 Å². The number of carboxylic acids is 1. The molecule has 1 aliphatic rings. The quantitative estimate of drug-likeness (QED) is 0.376. The third-order valence-corrected chi connectivity index (χ3v) is 4.91. The van der Waals surface area contributed by atoms with Crippen LogP contribution in [0.4, 0.5) is 5.69 Å². The number of rotatable bonds is 7. The Morgan fingerprint density at radius 3 is 2.50 bits per heavy atom. The molecule has 2 amide bonds. The van der Waals surface area contributed by atoms with Crippen molar-refractivity contribution in [3.63, 3.8) is 0 Å². The molecule has 0 saturated carbocycles. The maximum absolute atomic E-state index is 13.1. The minimum atomic E-state index is -1.12. The maximum atomic E-state index is 13.1. The first kappa shape index (κ1) is 23.0. The number of carboxylic acid groups (broad SMARTS) is 1. The van der Waals surface area contributed by atoms with Gasteiger partial charge in [0, 0.05) is 0 Å². The number of thiocarbonyl (C=S) groups is 1. The molecule has 2 aromatic rings. The van der Waals surface area contributed by atoms with Crippen molar-refractivity contribution in [3.8, 4) is 11.5 Å². The van der Waals surface area contributed by atoms with Crippen molar-refractivity contribution in [2.45, 2.75) is 26.9 Å². The Bertz CT molecular complexity index is 1110. The monoisotopic (exact) mass is 454 g/mol. The fourth-order valence-electron chi connectivity index (χ4n) is 2.97. The van der Waals surface area contributed by atoms with E-state index in [-0.39, 0.29) is 16.4 Å². The summed E-state index contributed by atoms with van der Waals surface area (Å²) in [6.07, 6.45) is 0.348. The average molecular weight is 455 g/mol. The Labute approximate surface area is 190 Å². The lowest BCUT2D eigenvalue weighted by Gasteiger charge is -2.29. The summed E-state index contributed by atoms with van der Waals surface area (Å²) in [6.45, 7) is 5.41. The Balaban J connectivity index is 1.96. The Hall–Kier alpha value is -3.72. The van der Waals surface area contributed by atoms with Crippen LogP contribution in [0.3, 0.4) is 0 Å². The highest BCUT2D eigenvalue weighted by molar-refractivity contribution is 7.80. The van der Waals surface area contributed by atoms with Crippen LogP contribution < -0.4 is 19.7 Å². The number of nitrogens with one attached hydrogen (secondary N) is 1. The van der Waals surface area contributed by atoms with Crippen LogP contribution in [-0.4, -0.2) is 40.7 Å². The van der Waals surface area contributed by atoms with Crippen LogP contribution in [0.2, 0.25) is 0 Å². The van der Waals surface area contributed by atoms with Gasteiger partial charge < -0.3 is 14.6 Å². The summed E-state index contributed by atoms with van der Waals surface area (Å²) in [7, 11) is 0. The summed E-state index contributed by atoms with van der Waals surface area (Å²) in [5, 5.41) is 11.6. The number of carbonyl (C=O) groups is 3. The number of aliphatic carboxylic acids is 1. The van der Waals surface area contributed by atoms with E-state index in [1.807, 2.05) is 19.1 Å². The van der Waals surface area contributed by atoms with Crippen molar-refractivity contribution in [1.82, 2.24) is 5.32 Å². The summed E-state index contributed by atoms with van der Waals surface area (Å²) in [5.74, 6) is -1.74. The average Bonchev–Trinajstić information content (AvgIpc) is 2.74. The van der Waals surface area contributed by atoms with Gasteiger partial charge in [-0.2, -0.15) is 0 Å². The van der Waals surface area contributed by atoms with Gasteiger partial charge in [-0.1, -0.05) is 23.8 Å². The molecule has 1 atom stereocenters. The first-order chi connectivity index (χ1) is 15.2. The maximum Gasteiger partial charge on any atom is 0.344 e. The minimum Gasteiger partial charge on any atom is -0.490 e. The van der Waals surface area contributed by atoms with Crippen LogP contribution in [0.1, 0.15) is 25.0 Å². The summed E-state index contributed by atoms with van der Waals surface area (Å²) in [6, 6.07) is 11.9. The molecule has 0 spiro atoms. The number of ether oxygens (including phenoxy) is 2. The molecular formula is C23H22N2O6S. The molecule has 0 radical (unpaired) electrons. The number of aryl methyl sites for hydroxylation is 1. The highest BCUT2D eigenvalue weighted by atomic mass is 32.1. The summed E-state index contributed by atoms with van der Waals surface area (Å²) in [4.78, 5) is 38.0. The number of carbonyl (C=O) groups excluding carboxylic acids is 2. The fraction of sp³-hybridized carbons (Fsp3) is 0.217. The number of anilines is 1. The van der Waals surface area contributed by atoms with Gasteiger partial charge >= 0.3 is 5.97 Å². The van der Waals surface area contributed by atoms with E-state index in [2.05, 4.69) is 5.32 Å². The number of benzene rings is 2. The van der Waals surface area contributed by atoms with Crippen molar-refractivity contribution in [2.24, 2.45) is 0 Å². The predicted molar refractivity (Wildman–Crippen MR) is 123 cm³/mol. The van der Waals surface area contributed by atoms with Crippen LogP contribution in [-0.2, 0) is 14.4 Å². The molecule has 1 fully saturated rings. The van der Waals surface area contributed by atoms with Crippen molar-refractivity contribution < 1.29 is 29.0 Å². The van der Waals surface area contributed by atoms with E-state index in [1.54, 1.807) is 31.2 Å². The summed E-state index contributed by atoms with van der Waals surface area (Å²) in [5.41, 5.74) is 1.96. The van der Waals surface area contributed by atoms with Gasteiger partial charge in [0.15, 0.2) is 22.7 Å². The molecule has 0 aromatic heterocycles. The standard InChI is InChI=1S/C23H22N2O6S/c1-4-30-19-12-15(7-10-18(19)31-14(3)22(28)29)11-17-20(26)24-23(32)25(21(17)27)16-8-5-13(2)6-9-16/h5-12,14H,4H2,1-3H3,(H,28,29)(H,24,26,32)/b17-11+/t14-/m0/s1. The van der Waals surface area contributed by atoms with Gasteiger partial charge in [-0.3, -0.25) is 19.8 Å². The van der Waals surface area contributed by atoms with E-state index in [9.17, 15) is 14.4 Å². The zero-order chi connectivity index (χ0) is 23.4. The molecule has 2 N–H and O–H groups in total. The largest absolute Gasteiger partial charge is 0.490 e. The van der Waals surface area contributed by atoms with Gasteiger partial charge in [0.25, 0.3) is 11.8 Å². The first-order valence-corrected chi connectivity index (χ1v) is 10.3. The molecule has 1 heterocycles. The summed E-state index contributed by atoms with van der Waals surface area (Å²) < 4.78 is 11.0. The lowest BCUT2D eigenvalue weighted by atomic mass is 10.1. The van der Waals surface area contributed by atoms with Gasteiger partial charge in [0.2, 0.25) is 0 Å². The zero-order valence-electron chi connectivity index (χ0n) is 17.7. The first-order valence-electron chi connectivity index (χ1n) is 9.85. The molecular weight excluding hydrogens is 432 g/mol. The third kappa shape index (κ3) is 4.94. The highest BCUT2D eigenvalue weighted by Crippen LogP contribution is 2.31. The smallest absolute Gasteiger partial charge is 0.344 e. The molecule has 1 aliphatic heterocycles. The molecule has 1 saturated heterocycles. The number of hydrogen-bond donors (Lipinski definition) is 2. The van der Waals surface area contributed by atoms with Crippen LogP contribution in [0, 0.1) is 6.92 Å². The Morgan fingerprint density at radius 2 is 1.88 bits per heavy atom. The second-order valence-corrected chi connectivity index (χ2v) is 7.42. The molecule has 2 aromatic carbocycles. The third-order valence-electron chi connectivity index (χ3n) is 4.62. The molecule has 9 heteroatoms. The second-order valence-electron chi connectivity index (χ2n) is 7.03. The molecule has 32 heavy (non-hydrogen) atoms. The fourth-order valence-corrected chi connectivity index (χ4v) is 3.25. The van der Waals surface area contributed by atoms with Crippen molar-refractivity contribution in [1.29, 1.82) is 0 Å². The lowest BCUT2D eigenvalue weighted by Crippen LogP contribution is -2.54. The molecule has 166 valence electrons. The van der Waals surface area contributed by atoms with E-state index < -0.39 is 23.9 Å². The van der Waals surface area contributed by atoms with Crippen molar-refractivity contribution in [2.75, 3.05) is 11.5 Å². The zero-order valence-corrected chi connectivity index (χ0v) is 18.6. The van der Waals surface area contributed by atoms with Gasteiger partial charge in [0.05, 0.1) is 12.3 Å². The SMILES string of the molecule is CCOc1cc(/C=C2\C(=O)NC(=S)N(c3ccc(C)cc3)C2=O)ccc1O[C@@H](C)C(=O)O. The molecule has 3 rings (SSSR count). The van der Waals surface area contributed by atoms with E-state index in [1.165, 1.54) is 24.0 Å². The second kappa shape index (κ2) is 9.61. The van der Waals surface area contributed by atoms with E-state index in [0.717, 1.165) is 5.56 Å². The van der Waals surface area contributed by atoms with Gasteiger partial charge in [-0.05, 0) is 68.9 Å². The van der Waals surface area contributed by atoms with E-state index >= 15 is 0 Å². The minimum absolute atomic E-state index is 0.00224. The Morgan fingerprint density at radius 1 is 1.19 bits per heavy atom. The van der Waals surface area contributed by atoms with Gasteiger partial charge in [-0.25, -0.2) is 4.79 Å². The van der Waals surface area contributed by atoms with Gasteiger partial charge in [-0.15, -0.1) is 0 Å². The molecule has 0 aliphatic carbocycles. The molecule has 8 nitrogen and oxygen atoms in total. The number of hydrogen-bond acceptors (Lipinski definition) is 6. The summed E-state index contributed by atoms with van der Waals surface area (Å²) >= 11 is 5.21. The predicted octanol–water partition coefficient (Wildman–Crippen LogP) is 3.08. The van der Waals surface area contributed by atoms with Crippen LogP contribution in [0.15, 0.2) is 48.0 Å². The Kier molecular flexibility index (Phi) is 6.89. The number of amides is 2. The van der Waals surface area contributed by atoms with Gasteiger partial charge in [0.1, 0.15) is 5.57 Å². The molecule has 0 unspecified atom stereocenters. The highest BCUT2D eigenvalue weighted by Gasteiger charge is 2.34. The number of nitrogens with zero attached hydrogens (tertiary/aromatic N) is 1. The topological polar surface area (TPSA) is 105 Å². The normalized spacial score (nSPS) is 16.0. The van der Waals surface area contributed by atoms with Crippen molar-refractivity contribution in [3.05, 3.63) is 59.2 Å². The lowest BCUT2D eigenvalue weighted by molar-refractivity contribution is -0.144.